The summed E-state index contributed by atoms with van der Waals surface area (Å²) in [5.74, 6) is -0.307. The second kappa shape index (κ2) is 7.97. The van der Waals surface area contributed by atoms with Gasteiger partial charge in [0.25, 0.3) is 0 Å². The van der Waals surface area contributed by atoms with Gasteiger partial charge in [0.2, 0.25) is 5.91 Å². The average molecular weight is 322 g/mol. The highest BCUT2D eigenvalue weighted by Crippen LogP contribution is 2.19. The lowest BCUT2D eigenvalue weighted by Crippen LogP contribution is -2.45. The lowest BCUT2D eigenvalue weighted by molar-refractivity contribution is -0.133. The number of nitrogens with zero attached hydrogens (tertiary/aromatic N) is 1. The SMILES string of the molecule is C[C@H]([C@H](O)c1ccccc1)N(C)C(=O)CNC(=O)OC(C)(C)C. The van der Waals surface area contributed by atoms with Crippen LogP contribution in [-0.2, 0) is 9.53 Å². The number of amides is 2. The van der Waals surface area contributed by atoms with Crippen molar-refractivity contribution < 1.29 is 19.4 Å². The van der Waals surface area contributed by atoms with Crippen molar-refractivity contribution in [3.63, 3.8) is 0 Å². The Morgan fingerprint density at radius 2 is 1.83 bits per heavy atom. The van der Waals surface area contributed by atoms with Gasteiger partial charge in [-0.1, -0.05) is 30.3 Å². The number of ether oxygens (including phenoxy) is 1. The summed E-state index contributed by atoms with van der Waals surface area (Å²) < 4.78 is 5.07. The zero-order valence-corrected chi connectivity index (χ0v) is 14.4. The van der Waals surface area contributed by atoms with Crippen LogP contribution in [0.2, 0.25) is 0 Å². The van der Waals surface area contributed by atoms with Gasteiger partial charge in [0.05, 0.1) is 12.1 Å². The standard InChI is InChI=1S/C17H26N2O4/c1-12(15(21)13-9-7-6-8-10-13)19(5)14(20)11-18-16(22)23-17(2,3)4/h6-10,12,15,21H,11H2,1-5H3,(H,18,22)/t12-,15+/m1/s1. The Balaban J connectivity index is 2.54. The molecule has 0 aliphatic carbocycles. The second-order valence-electron chi connectivity index (χ2n) is 6.46. The van der Waals surface area contributed by atoms with Crippen molar-refractivity contribution >= 4 is 12.0 Å². The lowest BCUT2D eigenvalue weighted by atomic mass is 10.0. The van der Waals surface area contributed by atoms with Crippen LogP contribution in [0.4, 0.5) is 4.79 Å². The topological polar surface area (TPSA) is 78.9 Å². The van der Waals surface area contributed by atoms with E-state index in [1.165, 1.54) is 4.90 Å². The van der Waals surface area contributed by atoms with Crippen LogP contribution >= 0.6 is 0 Å². The normalized spacial score (nSPS) is 13.8. The molecule has 128 valence electrons. The van der Waals surface area contributed by atoms with Gasteiger partial charge in [0.1, 0.15) is 12.1 Å². The summed E-state index contributed by atoms with van der Waals surface area (Å²) in [4.78, 5) is 25.1. The van der Waals surface area contributed by atoms with E-state index >= 15 is 0 Å². The molecule has 0 aliphatic rings. The van der Waals surface area contributed by atoms with Gasteiger partial charge in [-0.2, -0.15) is 0 Å². The Hall–Kier alpha value is -2.08. The molecule has 1 aromatic carbocycles. The molecule has 0 saturated carbocycles. The maximum Gasteiger partial charge on any atom is 0.408 e. The molecule has 1 aromatic rings. The van der Waals surface area contributed by atoms with E-state index in [-0.39, 0.29) is 12.5 Å². The third-order valence-electron chi connectivity index (χ3n) is 3.39. The van der Waals surface area contributed by atoms with Crippen LogP contribution in [-0.4, -0.2) is 47.2 Å². The number of hydrogen-bond acceptors (Lipinski definition) is 4. The molecule has 0 aliphatic heterocycles. The van der Waals surface area contributed by atoms with Crippen LogP contribution in [0.25, 0.3) is 0 Å². The molecular weight excluding hydrogens is 296 g/mol. The third kappa shape index (κ3) is 6.28. The number of nitrogens with one attached hydrogen (secondary N) is 1. The van der Waals surface area contributed by atoms with Crippen molar-refractivity contribution in [2.75, 3.05) is 13.6 Å². The molecule has 0 spiro atoms. The molecule has 6 nitrogen and oxygen atoms in total. The van der Waals surface area contributed by atoms with E-state index in [2.05, 4.69) is 5.32 Å². The Morgan fingerprint density at radius 3 is 2.35 bits per heavy atom. The summed E-state index contributed by atoms with van der Waals surface area (Å²) in [6.45, 7) is 6.82. The summed E-state index contributed by atoms with van der Waals surface area (Å²) in [6, 6.07) is 8.71. The van der Waals surface area contributed by atoms with Gasteiger partial charge in [-0.3, -0.25) is 4.79 Å². The fourth-order valence-electron chi connectivity index (χ4n) is 1.95. The average Bonchev–Trinajstić information content (AvgIpc) is 2.49. The van der Waals surface area contributed by atoms with Crippen LogP contribution in [0.1, 0.15) is 39.4 Å². The predicted molar refractivity (Wildman–Crippen MR) is 87.9 cm³/mol. The number of likely N-dealkylation sites (N-methyl/N-ethyl adjacent to an activating group) is 1. The number of hydrogen-bond donors (Lipinski definition) is 2. The van der Waals surface area contributed by atoms with Crippen molar-refractivity contribution in [2.24, 2.45) is 0 Å². The Bertz CT molecular complexity index is 525. The first-order valence-corrected chi connectivity index (χ1v) is 7.57. The van der Waals surface area contributed by atoms with E-state index < -0.39 is 23.8 Å². The molecule has 6 heteroatoms. The summed E-state index contributed by atoms with van der Waals surface area (Å²) in [5, 5.41) is 12.8. The number of aliphatic hydroxyl groups excluding tert-OH is 1. The van der Waals surface area contributed by atoms with E-state index in [0.717, 1.165) is 5.56 Å². The highest BCUT2D eigenvalue weighted by atomic mass is 16.6. The number of rotatable bonds is 5. The van der Waals surface area contributed by atoms with Crippen molar-refractivity contribution in [1.29, 1.82) is 0 Å². The molecule has 2 amide bonds. The molecule has 0 bridgehead atoms. The van der Waals surface area contributed by atoms with Crippen LogP contribution in [0.3, 0.4) is 0 Å². The van der Waals surface area contributed by atoms with Crippen molar-refractivity contribution in [1.82, 2.24) is 10.2 Å². The molecule has 0 heterocycles. The Labute approximate surface area is 137 Å². The van der Waals surface area contributed by atoms with Crippen LogP contribution in [0.15, 0.2) is 30.3 Å². The van der Waals surface area contributed by atoms with Crippen LogP contribution in [0.5, 0.6) is 0 Å². The summed E-state index contributed by atoms with van der Waals surface area (Å²) in [7, 11) is 1.59. The first-order chi connectivity index (χ1) is 10.6. The summed E-state index contributed by atoms with van der Waals surface area (Å²) >= 11 is 0. The molecule has 0 fully saturated rings. The lowest BCUT2D eigenvalue weighted by Gasteiger charge is -2.29. The number of alkyl carbamates (subject to hydrolysis) is 1. The minimum absolute atomic E-state index is 0.183. The van der Waals surface area contributed by atoms with Crippen molar-refractivity contribution in [3.05, 3.63) is 35.9 Å². The Kier molecular flexibility index (Phi) is 6.57. The van der Waals surface area contributed by atoms with Gasteiger partial charge >= 0.3 is 6.09 Å². The highest BCUT2D eigenvalue weighted by molar-refractivity contribution is 5.82. The molecular formula is C17H26N2O4. The molecule has 0 radical (unpaired) electrons. The van der Waals surface area contributed by atoms with Gasteiger partial charge in [0.15, 0.2) is 0 Å². The van der Waals surface area contributed by atoms with Gasteiger partial charge in [-0.25, -0.2) is 4.79 Å². The maximum absolute atomic E-state index is 12.1. The maximum atomic E-state index is 12.1. The predicted octanol–water partition coefficient (Wildman–Crippen LogP) is 2.09. The number of aliphatic hydroxyl groups is 1. The first-order valence-electron chi connectivity index (χ1n) is 7.57. The first kappa shape index (κ1) is 19.0. The van der Waals surface area contributed by atoms with Gasteiger partial charge in [-0.05, 0) is 33.3 Å². The zero-order valence-electron chi connectivity index (χ0n) is 14.4. The number of benzene rings is 1. The Morgan fingerprint density at radius 1 is 1.26 bits per heavy atom. The fraction of sp³-hybridized carbons (Fsp3) is 0.529. The minimum atomic E-state index is -0.799. The highest BCUT2D eigenvalue weighted by Gasteiger charge is 2.24. The number of carbonyl (C=O) groups is 2. The summed E-state index contributed by atoms with van der Waals surface area (Å²) in [5.41, 5.74) is 0.121. The minimum Gasteiger partial charge on any atom is -0.444 e. The van der Waals surface area contributed by atoms with Crippen molar-refractivity contribution in [3.8, 4) is 0 Å². The van der Waals surface area contributed by atoms with Gasteiger partial charge < -0.3 is 20.1 Å². The largest absolute Gasteiger partial charge is 0.444 e. The van der Waals surface area contributed by atoms with E-state index in [0.29, 0.717) is 0 Å². The molecule has 0 unspecified atom stereocenters. The fourth-order valence-corrected chi connectivity index (χ4v) is 1.95. The molecule has 0 aromatic heterocycles. The number of carbonyl (C=O) groups excluding carboxylic acids is 2. The van der Waals surface area contributed by atoms with Crippen LogP contribution < -0.4 is 5.32 Å². The zero-order chi connectivity index (χ0) is 17.6. The van der Waals surface area contributed by atoms with E-state index in [1.54, 1.807) is 46.9 Å². The van der Waals surface area contributed by atoms with Gasteiger partial charge in [0, 0.05) is 7.05 Å². The molecule has 1 rings (SSSR count). The van der Waals surface area contributed by atoms with E-state index in [4.69, 9.17) is 4.74 Å². The van der Waals surface area contributed by atoms with Gasteiger partial charge in [-0.15, -0.1) is 0 Å². The van der Waals surface area contributed by atoms with E-state index in [1.807, 2.05) is 18.2 Å². The van der Waals surface area contributed by atoms with Crippen molar-refractivity contribution in [2.45, 2.75) is 45.4 Å². The molecule has 2 atom stereocenters. The van der Waals surface area contributed by atoms with Crippen LogP contribution in [0, 0.1) is 0 Å². The molecule has 0 saturated heterocycles. The smallest absolute Gasteiger partial charge is 0.408 e. The molecule has 2 N–H and O–H groups in total. The molecule has 23 heavy (non-hydrogen) atoms. The third-order valence-corrected chi connectivity index (χ3v) is 3.39. The quantitative estimate of drug-likeness (QED) is 0.870. The van der Waals surface area contributed by atoms with E-state index in [9.17, 15) is 14.7 Å². The second-order valence-corrected chi connectivity index (χ2v) is 6.46. The monoisotopic (exact) mass is 322 g/mol. The summed E-state index contributed by atoms with van der Waals surface area (Å²) in [6.07, 6.45) is -1.44.